The van der Waals surface area contributed by atoms with Crippen molar-refractivity contribution in [1.29, 1.82) is 0 Å². The monoisotopic (exact) mass is 485 g/mol. The number of rotatable bonds is 10. The number of allylic oxidation sites excluding steroid dienone is 5. The lowest BCUT2D eigenvalue weighted by Crippen LogP contribution is -2.40. The van der Waals surface area contributed by atoms with Crippen LogP contribution in [0.1, 0.15) is 58.9 Å². The van der Waals surface area contributed by atoms with Crippen molar-refractivity contribution in [2.75, 3.05) is 0 Å². The molecule has 0 saturated heterocycles. The molecule has 0 saturated carbocycles. The van der Waals surface area contributed by atoms with Crippen molar-refractivity contribution in [3.05, 3.63) is 96.1 Å². The van der Waals surface area contributed by atoms with Crippen LogP contribution in [-0.4, -0.2) is 15.8 Å². The van der Waals surface area contributed by atoms with E-state index in [1.165, 1.54) is 24.1 Å². The number of nitrogens with zero attached hydrogens (tertiary/aromatic N) is 2. The molecule has 0 spiro atoms. The summed E-state index contributed by atoms with van der Waals surface area (Å²) in [6.45, 7) is 13.1. The molecule has 36 heavy (non-hydrogen) atoms. The van der Waals surface area contributed by atoms with Gasteiger partial charge in [0.15, 0.2) is 0 Å². The van der Waals surface area contributed by atoms with Crippen molar-refractivity contribution in [1.82, 2.24) is 15.1 Å². The maximum absolute atomic E-state index is 13.4. The molecule has 1 aliphatic rings. The summed E-state index contributed by atoms with van der Waals surface area (Å²) in [5, 5.41) is 9.44. The van der Waals surface area contributed by atoms with E-state index >= 15 is 0 Å². The van der Waals surface area contributed by atoms with Crippen LogP contribution in [0.25, 0.3) is 16.6 Å². The molecule has 3 nitrogen and oxygen atoms in total. The van der Waals surface area contributed by atoms with Crippen molar-refractivity contribution < 1.29 is 4.39 Å². The van der Waals surface area contributed by atoms with E-state index in [0.29, 0.717) is 23.8 Å². The maximum Gasteiger partial charge on any atom is 0.123 e. The largest absolute Gasteiger partial charge is 0.386 e. The lowest BCUT2D eigenvalue weighted by Gasteiger charge is -2.35. The number of fused-ring (bicyclic) bond motifs is 1. The number of nitrogens with one attached hydrogen (secondary N) is 1. The van der Waals surface area contributed by atoms with Gasteiger partial charge in [0.25, 0.3) is 0 Å². The van der Waals surface area contributed by atoms with Crippen LogP contribution in [0.4, 0.5) is 4.39 Å². The predicted molar refractivity (Wildman–Crippen MR) is 150 cm³/mol. The first-order chi connectivity index (χ1) is 17.4. The van der Waals surface area contributed by atoms with E-state index < -0.39 is 0 Å². The van der Waals surface area contributed by atoms with E-state index in [1.54, 1.807) is 17.7 Å². The summed E-state index contributed by atoms with van der Waals surface area (Å²) < 4.78 is 15.3. The van der Waals surface area contributed by atoms with Crippen molar-refractivity contribution in [3.8, 4) is 5.69 Å². The summed E-state index contributed by atoms with van der Waals surface area (Å²) in [4.78, 5) is 0. The van der Waals surface area contributed by atoms with Crippen LogP contribution in [0.3, 0.4) is 0 Å². The third-order valence-corrected chi connectivity index (χ3v) is 7.61. The van der Waals surface area contributed by atoms with Gasteiger partial charge in [-0.05, 0) is 92.3 Å². The van der Waals surface area contributed by atoms with E-state index in [1.807, 2.05) is 10.9 Å². The Bertz CT molecular complexity index is 1230. The molecule has 190 valence electrons. The summed E-state index contributed by atoms with van der Waals surface area (Å²) in [6, 6.07) is 13.5. The minimum Gasteiger partial charge on any atom is -0.386 e. The van der Waals surface area contributed by atoms with Gasteiger partial charge in [0.1, 0.15) is 5.82 Å². The standard InChI is InChI=1S/C32H40FN3/c1-6-9-31(35-22(3)4)30(26-11-8-10-25(7-2)23(5)18-26)20-24-12-17-32-27(19-24)21-34-36(32)29-15-13-28(33)14-16-29/h8,10-17,19,21,23,26,30-31,35H,3,6-7,9,18,20H2,1-2,4-5H3/t23?,26?,30-,31?/m1/s1. The van der Waals surface area contributed by atoms with Gasteiger partial charge < -0.3 is 5.32 Å². The molecule has 1 heterocycles. The Morgan fingerprint density at radius 2 is 1.97 bits per heavy atom. The Hall–Kier alpha value is -3.14. The highest BCUT2D eigenvalue weighted by Crippen LogP contribution is 2.35. The van der Waals surface area contributed by atoms with Crippen molar-refractivity contribution in [2.24, 2.45) is 17.8 Å². The zero-order valence-corrected chi connectivity index (χ0v) is 22.2. The van der Waals surface area contributed by atoms with Gasteiger partial charge in [0, 0.05) is 17.1 Å². The van der Waals surface area contributed by atoms with Crippen molar-refractivity contribution in [2.45, 2.75) is 65.8 Å². The predicted octanol–water partition coefficient (Wildman–Crippen LogP) is 8.16. The molecule has 4 heteroatoms. The van der Waals surface area contributed by atoms with Gasteiger partial charge in [-0.2, -0.15) is 5.10 Å². The quantitative estimate of drug-likeness (QED) is 0.314. The Kier molecular flexibility index (Phi) is 8.45. The molecular weight excluding hydrogens is 445 g/mol. The summed E-state index contributed by atoms with van der Waals surface area (Å²) in [5.74, 6) is 1.29. The molecule has 0 radical (unpaired) electrons. The molecule has 1 N–H and O–H groups in total. The fourth-order valence-electron chi connectivity index (χ4n) is 5.79. The number of hydrogen-bond donors (Lipinski definition) is 1. The topological polar surface area (TPSA) is 29.9 Å². The Morgan fingerprint density at radius 3 is 2.67 bits per heavy atom. The highest BCUT2D eigenvalue weighted by Gasteiger charge is 2.30. The zero-order chi connectivity index (χ0) is 25.7. The number of benzene rings is 2. The second kappa shape index (κ2) is 11.7. The fraction of sp³-hybridized carbons (Fsp3) is 0.406. The summed E-state index contributed by atoms with van der Waals surface area (Å²) in [6.07, 6.45) is 14.5. The van der Waals surface area contributed by atoms with Crippen LogP contribution < -0.4 is 5.32 Å². The van der Waals surface area contributed by atoms with Crippen LogP contribution in [-0.2, 0) is 6.42 Å². The first-order valence-corrected chi connectivity index (χ1v) is 13.4. The highest BCUT2D eigenvalue weighted by atomic mass is 19.1. The molecule has 1 aliphatic carbocycles. The van der Waals surface area contributed by atoms with E-state index in [4.69, 9.17) is 0 Å². The second-order valence-corrected chi connectivity index (χ2v) is 10.4. The maximum atomic E-state index is 13.4. The molecule has 0 aliphatic heterocycles. The lowest BCUT2D eigenvalue weighted by molar-refractivity contribution is 0.256. The van der Waals surface area contributed by atoms with Crippen LogP contribution in [0, 0.1) is 23.6 Å². The van der Waals surface area contributed by atoms with Crippen molar-refractivity contribution >= 4 is 10.9 Å². The van der Waals surface area contributed by atoms with Crippen molar-refractivity contribution in [3.63, 3.8) is 0 Å². The van der Waals surface area contributed by atoms with Crippen LogP contribution in [0.5, 0.6) is 0 Å². The average Bonchev–Trinajstić information content (AvgIpc) is 3.18. The molecule has 4 rings (SSSR count). The van der Waals surface area contributed by atoms with E-state index in [0.717, 1.165) is 48.0 Å². The smallest absolute Gasteiger partial charge is 0.123 e. The molecular formula is C32H40FN3. The third-order valence-electron chi connectivity index (χ3n) is 7.61. The molecule has 4 atom stereocenters. The molecule has 0 fully saturated rings. The van der Waals surface area contributed by atoms with Crippen LogP contribution in [0.15, 0.2) is 84.7 Å². The number of aromatic nitrogens is 2. The lowest BCUT2D eigenvalue weighted by atomic mass is 9.75. The highest BCUT2D eigenvalue weighted by molar-refractivity contribution is 5.81. The summed E-state index contributed by atoms with van der Waals surface area (Å²) >= 11 is 0. The van der Waals surface area contributed by atoms with Crippen LogP contribution in [0.2, 0.25) is 0 Å². The summed E-state index contributed by atoms with van der Waals surface area (Å²) in [5.41, 5.74) is 5.80. The zero-order valence-electron chi connectivity index (χ0n) is 22.2. The van der Waals surface area contributed by atoms with Gasteiger partial charge >= 0.3 is 0 Å². The molecule has 0 bridgehead atoms. The van der Waals surface area contributed by atoms with E-state index in [2.05, 4.69) is 81.1 Å². The second-order valence-electron chi connectivity index (χ2n) is 10.4. The fourth-order valence-corrected chi connectivity index (χ4v) is 5.79. The Balaban J connectivity index is 1.65. The minimum absolute atomic E-state index is 0.239. The number of hydrogen-bond acceptors (Lipinski definition) is 2. The van der Waals surface area contributed by atoms with Gasteiger partial charge in [0.05, 0.1) is 17.4 Å². The van der Waals surface area contributed by atoms with Gasteiger partial charge in [-0.1, -0.05) is 63.6 Å². The molecule has 3 unspecified atom stereocenters. The Labute approximate surface area is 215 Å². The van der Waals surface area contributed by atoms with Gasteiger partial charge in [-0.25, -0.2) is 9.07 Å². The Morgan fingerprint density at radius 1 is 1.19 bits per heavy atom. The first-order valence-electron chi connectivity index (χ1n) is 13.4. The average molecular weight is 486 g/mol. The SMILES string of the molecule is C=C(C)NC(CCC)[C@H](Cc1ccc2c(cnn2-c2ccc(F)cc2)c1)C1C=CC=C(CC)C(C)C1. The van der Waals surface area contributed by atoms with Gasteiger partial charge in [0.2, 0.25) is 0 Å². The number of halogens is 1. The van der Waals surface area contributed by atoms with Gasteiger partial charge in [-0.15, -0.1) is 0 Å². The molecule has 0 amide bonds. The van der Waals surface area contributed by atoms with E-state index in [-0.39, 0.29) is 5.82 Å². The minimum atomic E-state index is -0.239. The molecule has 3 aromatic rings. The van der Waals surface area contributed by atoms with E-state index in [9.17, 15) is 4.39 Å². The van der Waals surface area contributed by atoms with Gasteiger partial charge in [-0.3, -0.25) is 0 Å². The van der Waals surface area contributed by atoms with Crippen LogP contribution >= 0.6 is 0 Å². The third kappa shape index (κ3) is 5.98. The summed E-state index contributed by atoms with van der Waals surface area (Å²) in [7, 11) is 0. The first kappa shape index (κ1) is 25.9. The molecule has 2 aromatic carbocycles. The normalized spacial score (nSPS) is 19.5. The molecule has 1 aromatic heterocycles.